The number of hydrogen-bond donors (Lipinski definition) is 2. The molecule has 3 rings (SSSR count). The van der Waals surface area contributed by atoms with Gasteiger partial charge in [-0.1, -0.05) is 42.5 Å². The van der Waals surface area contributed by atoms with Crippen LogP contribution in [0.4, 0.5) is 4.79 Å². The number of aliphatic carboxylic acids is 1. The summed E-state index contributed by atoms with van der Waals surface area (Å²) in [5, 5.41) is 12.1. The van der Waals surface area contributed by atoms with Gasteiger partial charge in [0.05, 0.1) is 31.7 Å². The number of carboxylic acids is 1. The third kappa shape index (κ3) is 3.94. The van der Waals surface area contributed by atoms with Crippen molar-refractivity contribution >= 4 is 12.0 Å². The summed E-state index contributed by atoms with van der Waals surface area (Å²) in [6.45, 7) is 1.62. The van der Waals surface area contributed by atoms with Crippen LogP contribution in [-0.4, -0.2) is 47.2 Å². The molecule has 1 saturated heterocycles. The van der Waals surface area contributed by atoms with E-state index in [2.05, 4.69) is 5.32 Å². The molecule has 1 aromatic carbocycles. The average molecular weight is 330 g/mol. The number of urea groups is 1. The van der Waals surface area contributed by atoms with Gasteiger partial charge >= 0.3 is 12.0 Å². The van der Waals surface area contributed by atoms with Gasteiger partial charge in [0.15, 0.2) is 0 Å². The highest BCUT2D eigenvalue weighted by Gasteiger charge is 2.35. The fourth-order valence-electron chi connectivity index (χ4n) is 2.99. The molecule has 2 aliphatic rings. The van der Waals surface area contributed by atoms with Crippen molar-refractivity contribution in [3.63, 3.8) is 0 Å². The monoisotopic (exact) mass is 330 g/mol. The van der Waals surface area contributed by atoms with Crippen LogP contribution < -0.4 is 5.32 Å². The first-order valence-electron chi connectivity index (χ1n) is 8.22. The highest BCUT2D eigenvalue weighted by molar-refractivity contribution is 5.78. The zero-order valence-electron chi connectivity index (χ0n) is 13.4. The largest absolute Gasteiger partial charge is 0.481 e. The summed E-state index contributed by atoms with van der Waals surface area (Å²) in [7, 11) is 0. The van der Waals surface area contributed by atoms with Crippen LogP contribution in [0.25, 0.3) is 0 Å². The molecule has 2 atom stereocenters. The number of nitrogens with zero attached hydrogens (tertiary/aromatic N) is 1. The molecule has 0 unspecified atom stereocenters. The molecule has 0 aromatic heterocycles. The topological polar surface area (TPSA) is 78.9 Å². The number of carbonyl (C=O) groups is 2. The van der Waals surface area contributed by atoms with E-state index in [1.54, 1.807) is 4.90 Å². The second-order valence-corrected chi connectivity index (χ2v) is 6.27. The smallest absolute Gasteiger partial charge is 0.317 e. The van der Waals surface area contributed by atoms with Crippen LogP contribution in [0.2, 0.25) is 0 Å². The quantitative estimate of drug-likeness (QED) is 0.810. The van der Waals surface area contributed by atoms with E-state index in [1.807, 2.05) is 42.5 Å². The molecule has 0 saturated carbocycles. The van der Waals surface area contributed by atoms with Crippen molar-refractivity contribution in [3.05, 3.63) is 48.0 Å². The Morgan fingerprint density at radius 2 is 1.88 bits per heavy atom. The van der Waals surface area contributed by atoms with Crippen LogP contribution in [0.5, 0.6) is 0 Å². The number of ether oxygens (including phenoxy) is 1. The lowest BCUT2D eigenvalue weighted by Gasteiger charge is -2.40. The number of likely N-dealkylation sites (tertiary alicyclic amines) is 1. The Kier molecular flexibility index (Phi) is 5.15. The molecular weight excluding hydrogens is 308 g/mol. The maximum Gasteiger partial charge on any atom is 0.317 e. The molecule has 0 bridgehead atoms. The Bertz CT molecular complexity index is 611. The molecule has 6 nitrogen and oxygen atoms in total. The van der Waals surface area contributed by atoms with Gasteiger partial charge in [-0.25, -0.2) is 4.79 Å². The molecule has 1 aliphatic carbocycles. The van der Waals surface area contributed by atoms with Crippen LogP contribution in [0, 0.1) is 5.92 Å². The number of allylic oxidation sites excluding steroid dienone is 1. The normalized spacial score (nSPS) is 23.6. The van der Waals surface area contributed by atoms with Gasteiger partial charge in [-0.2, -0.15) is 0 Å². The summed E-state index contributed by atoms with van der Waals surface area (Å²) in [5.74, 6) is -1.41. The minimum Gasteiger partial charge on any atom is -0.481 e. The number of carbonyl (C=O) groups excluding carboxylic acids is 1. The number of nitrogens with one attached hydrogen (secondary N) is 1. The van der Waals surface area contributed by atoms with E-state index in [-0.39, 0.29) is 18.2 Å². The highest BCUT2D eigenvalue weighted by atomic mass is 16.5. The lowest BCUT2D eigenvalue weighted by Crippen LogP contribution is -2.60. The average Bonchev–Trinajstić information content (AvgIpc) is 2.54. The van der Waals surface area contributed by atoms with Gasteiger partial charge in [0, 0.05) is 6.04 Å². The van der Waals surface area contributed by atoms with E-state index < -0.39 is 11.9 Å². The van der Waals surface area contributed by atoms with Crippen molar-refractivity contribution in [1.29, 1.82) is 0 Å². The molecule has 6 heteroatoms. The molecule has 2 N–H and O–H groups in total. The molecule has 1 aliphatic heterocycles. The second kappa shape index (κ2) is 7.49. The first-order chi connectivity index (χ1) is 11.6. The molecule has 0 radical (unpaired) electrons. The standard InChI is InChI=1S/C18H22N2O4/c21-17(22)15-8-4-5-9-16(15)19-18(23)20-10-14(11-20)24-12-13-6-2-1-3-7-13/h1-7,14-16H,8-12H2,(H,19,23)(H,21,22)/t15-,16+/m1/s1. The maximum absolute atomic E-state index is 12.2. The van der Waals surface area contributed by atoms with Gasteiger partial charge in [0.25, 0.3) is 0 Å². The van der Waals surface area contributed by atoms with Crippen LogP contribution in [0.3, 0.4) is 0 Å². The zero-order chi connectivity index (χ0) is 16.9. The summed E-state index contributed by atoms with van der Waals surface area (Å²) in [4.78, 5) is 25.1. The molecule has 1 fully saturated rings. The molecule has 24 heavy (non-hydrogen) atoms. The molecule has 2 amide bonds. The van der Waals surface area contributed by atoms with Crippen LogP contribution in [0.1, 0.15) is 18.4 Å². The van der Waals surface area contributed by atoms with E-state index in [0.717, 1.165) is 5.56 Å². The van der Waals surface area contributed by atoms with E-state index in [0.29, 0.717) is 32.5 Å². The molecule has 128 valence electrons. The summed E-state index contributed by atoms with van der Waals surface area (Å²) in [6, 6.07) is 9.36. The fourth-order valence-corrected chi connectivity index (χ4v) is 2.99. The van der Waals surface area contributed by atoms with E-state index in [9.17, 15) is 14.7 Å². The van der Waals surface area contributed by atoms with Gasteiger partial charge in [0.1, 0.15) is 0 Å². The van der Waals surface area contributed by atoms with E-state index in [4.69, 9.17) is 4.74 Å². The third-order valence-corrected chi connectivity index (χ3v) is 4.52. The lowest BCUT2D eigenvalue weighted by molar-refractivity contribution is -0.142. The Labute approximate surface area is 141 Å². The summed E-state index contributed by atoms with van der Waals surface area (Å²) >= 11 is 0. The van der Waals surface area contributed by atoms with E-state index >= 15 is 0 Å². The Balaban J connectivity index is 1.41. The Morgan fingerprint density at radius 1 is 1.17 bits per heavy atom. The number of carboxylic acid groups (broad SMARTS) is 1. The summed E-state index contributed by atoms with van der Waals surface area (Å²) in [6.07, 6.45) is 4.84. The number of rotatable bonds is 5. The van der Waals surface area contributed by atoms with Crippen molar-refractivity contribution < 1.29 is 19.4 Å². The first-order valence-corrected chi connectivity index (χ1v) is 8.22. The first kappa shape index (κ1) is 16.5. The van der Waals surface area contributed by atoms with Gasteiger partial charge in [-0.05, 0) is 18.4 Å². The molecular formula is C18H22N2O4. The minimum atomic E-state index is -0.864. The Morgan fingerprint density at radius 3 is 2.58 bits per heavy atom. The predicted molar refractivity (Wildman–Crippen MR) is 88.4 cm³/mol. The maximum atomic E-state index is 12.2. The van der Waals surface area contributed by atoms with Crippen molar-refractivity contribution in [2.75, 3.05) is 13.1 Å². The third-order valence-electron chi connectivity index (χ3n) is 4.52. The van der Waals surface area contributed by atoms with Crippen molar-refractivity contribution in [2.45, 2.75) is 31.6 Å². The molecule has 1 aromatic rings. The number of amides is 2. The van der Waals surface area contributed by atoms with E-state index in [1.165, 1.54) is 0 Å². The minimum absolute atomic E-state index is 0.0393. The van der Waals surface area contributed by atoms with Crippen molar-refractivity contribution in [2.24, 2.45) is 5.92 Å². The number of benzene rings is 1. The fraction of sp³-hybridized carbons (Fsp3) is 0.444. The van der Waals surface area contributed by atoms with Crippen molar-refractivity contribution in [3.8, 4) is 0 Å². The summed E-state index contributed by atoms with van der Waals surface area (Å²) < 4.78 is 5.77. The van der Waals surface area contributed by atoms with Crippen LogP contribution in [-0.2, 0) is 16.1 Å². The second-order valence-electron chi connectivity index (χ2n) is 6.27. The summed E-state index contributed by atoms with van der Waals surface area (Å²) in [5.41, 5.74) is 1.11. The van der Waals surface area contributed by atoms with Gasteiger partial charge in [-0.15, -0.1) is 0 Å². The van der Waals surface area contributed by atoms with Gasteiger partial charge in [0.2, 0.25) is 0 Å². The Hall–Kier alpha value is -2.34. The predicted octanol–water partition coefficient (Wildman–Crippen LogP) is 2.02. The van der Waals surface area contributed by atoms with Crippen LogP contribution >= 0.6 is 0 Å². The molecule has 1 heterocycles. The van der Waals surface area contributed by atoms with Crippen molar-refractivity contribution in [1.82, 2.24) is 10.2 Å². The van der Waals surface area contributed by atoms with Gasteiger partial charge in [-0.3, -0.25) is 4.79 Å². The highest BCUT2D eigenvalue weighted by Crippen LogP contribution is 2.21. The SMILES string of the molecule is O=C(O)[C@@H]1CC=CC[C@@H]1NC(=O)N1CC(OCc2ccccc2)C1. The number of hydrogen-bond acceptors (Lipinski definition) is 3. The lowest BCUT2D eigenvalue weighted by atomic mass is 9.89. The zero-order valence-corrected chi connectivity index (χ0v) is 13.4. The molecule has 0 spiro atoms. The van der Waals surface area contributed by atoms with Gasteiger partial charge < -0.3 is 20.1 Å². The van der Waals surface area contributed by atoms with Crippen LogP contribution in [0.15, 0.2) is 42.5 Å².